The third-order valence-electron chi connectivity index (χ3n) is 4.03. The molecule has 1 fully saturated rings. The minimum absolute atomic E-state index is 0.210. The highest BCUT2D eigenvalue weighted by atomic mass is 35.5. The van der Waals surface area contributed by atoms with E-state index in [0.29, 0.717) is 16.8 Å². The van der Waals surface area contributed by atoms with Crippen molar-refractivity contribution in [1.82, 2.24) is 0 Å². The molecule has 1 saturated heterocycles. The van der Waals surface area contributed by atoms with Crippen molar-refractivity contribution in [2.75, 3.05) is 11.6 Å². The molecule has 0 spiro atoms. The van der Waals surface area contributed by atoms with Gasteiger partial charge in [0.15, 0.2) is 6.73 Å². The molecule has 0 aliphatic carbocycles. The third-order valence-corrected chi connectivity index (χ3v) is 4.59. The van der Waals surface area contributed by atoms with Crippen LogP contribution in [0.25, 0.3) is 0 Å². The summed E-state index contributed by atoms with van der Waals surface area (Å²) in [4.78, 5) is 2.20. The summed E-state index contributed by atoms with van der Waals surface area (Å²) in [6.07, 6.45) is 1.77. The number of rotatable bonds is 3. The fourth-order valence-electron chi connectivity index (χ4n) is 2.50. The first-order valence-corrected chi connectivity index (χ1v) is 7.27. The molecular formula is C15H19Cl2NO. The van der Waals surface area contributed by atoms with Gasteiger partial charge >= 0.3 is 0 Å². The van der Waals surface area contributed by atoms with Crippen molar-refractivity contribution in [1.29, 1.82) is 0 Å². The number of halogens is 2. The molecule has 1 heterocycles. The normalized spacial score (nSPS) is 22.8. The minimum atomic E-state index is -0.210. The summed E-state index contributed by atoms with van der Waals surface area (Å²) in [6, 6.07) is 3.75. The van der Waals surface area contributed by atoms with E-state index in [4.69, 9.17) is 27.9 Å². The molecule has 0 amide bonds. The second-order valence-corrected chi connectivity index (χ2v) is 5.83. The highest BCUT2D eigenvalue weighted by molar-refractivity contribution is 6.35. The SMILES string of the molecule is C=C1OCN(c2cc(Cl)cc(Cl)c2CC)C1(C)CC. The highest BCUT2D eigenvalue weighted by Crippen LogP contribution is 2.42. The van der Waals surface area contributed by atoms with Crippen molar-refractivity contribution in [3.8, 4) is 0 Å². The Balaban J connectivity index is 2.56. The van der Waals surface area contributed by atoms with Gasteiger partial charge in [-0.2, -0.15) is 0 Å². The van der Waals surface area contributed by atoms with Gasteiger partial charge in [0.1, 0.15) is 5.76 Å². The molecule has 2 rings (SSSR count). The number of ether oxygens (including phenoxy) is 1. The molecule has 1 atom stereocenters. The quantitative estimate of drug-likeness (QED) is 0.776. The van der Waals surface area contributed by atoms with E-state index in [9.17, 15) is 0 Å². The smallest absolute Gasteiger partial charge is 0.161 e. The molecule has 1 aromatic carbocycles. The molecule has 1 aliphatic heterocycles. The summed E-state index contributed by atoms with van der Waals surface area (Å²) in [6.45, 7) is 10.9. The molecule has 0 N–H and O–H groups in total. The van der Waals surface area contributed by atoms with E-state index in [0.717, 1.165) is 29.9 Å². The molecular weight excluding hydrogens is 281 g/mol. The number of benzene rings is 1. The summed E-state index contributed by atoms with van der Waals surface area (Å²) in [5.41, 5.74) is 1.94. The van der Waals surface area contributed by atoms with Crippen LogP contribution in [0.1, 0.15) is 32.8 Å². The maximum Gasteiger partial charge on any atom is 0.161 e. The molecule has 0 saturated carbocycles. The Hall–Kier alpha value is -0.860. The van der Waals surface area contributed by atoms with Gasteiger partial charge in [0.2, 0.25) is 0 Å². The van der Waals surface area contributed by atoms with E-state index in [2.05, 4.69) is 32.3 Å². The van der Waals surface area contributed by atoms with Gasteiger partial charge in [0, 0.05) is 15.7 Å². The maximum atomic E-state index is 6.31. The lowest BCUT2D eigenvalue weighted by Crippen LogP contribution is -2.42. The molecule has 0 aromatic heterocycles. The number of anilines is 1. The van der Waals surface area contributed by atoms with E-state index in [1.54, 1.807) is 6.07 Å². The first kappa shape index (κ1) is 14.5. The molecule has 104 valence electrons. The summed E-state index contributed by atoms with van der Waals surface area (Å²) >= 11 is 12.5. The van der Waals surface area contributed by atoms with Gasteiger partial charge in [-0.15, -0.1) is 0 Å². The first-order valence-electron chi connectivity index (χ1n) is 6.51. The monoisotopic (exact) mass is 299 g/mol. The van der Waals surface area contributed by atoms with Gasteiger partial charge < -0.3 is 9.64 Å². The summed E-state index contributed by atoms with van der Waals surface area (Å²) in [5.74, 6) is 0.799. The van der Waals surface area contributed by atoms with Gasteiger partial charge in [-0.3, -0.25) is 0 Å². The van der Waals surface area contributed by atoms with Crippen LogP contribution in [0.5, 0.6) is 0 Å². The Kier molecular flexibility index (Phi) is 4.03. The zero-order valence-corrected chi connectivity index (χ0v) is 13.1. The fourth-order valence-corrected chi connectivity index (χ4v) is 3.11. The summed E-state index contributed by atoms with van der Waals surface area (Å²) in [7, 11) is 0. The van der Waals surface area contributed by atoms with E-state index in [1.807, 2.05) is 6.07 Å². The molecule has 0 radical (unpaired) electrons. The fraction of sp³-hybridized carbons (Fsp3) is 0.467. The Morgan fingerprint density at radius 3 is 2.63 bits per heavy atom. The van der Waals surface area contributed by atoms with Gasteiger partial charge in [-0.1, -0.05) is 43.6 Å². The minimum Gasteiger partial charge on any atom is -0.476 e. The average molecular weight is 300 g/mol. The van der Waals surface area contributed by atoms with E-state index < -0.39 is 0 Å². The largest absolute Gasteiger partial charge is 0.476 e. The van der Waals surface area contributed by atoms with Crippen LogP contribution >= 0.6 is 23.2 Å². The van der Waals surface area contributed by atoms with Crippen LogP contribution in [0, 0.1) is 0 Å². The van der Waals surface area contributed by atoms with Gasteiger partial charge in [-0.05, 0) is 37.5 Å². The van der Waals surface area contributed by atoms with Gasteiger partial charge in [0.05, 0.1) is 5.54 Å². The second kappa shape index (κ2) is 5.26. The second-order valence-electron chi connectivity index (χ2n) is 4.99. The van der Waals surface area contributed by atoms with E-state index >= 15 is 0 Å². The van der Waals surface area contributed by atoms with Crippen molar-refractivity contribution in [2.45, 2.75) is 39.2 Å². The predicted molar refractivity (Wildman–Crippen MR) is 82.1 cm³/mol. The standard InChI is InChI=1S/C15H19Cl2NO/c1-5-12-13(17)7-11(16)8-14(12)18-9-19-10(3)15(18,4)6-2/h7-8H,3,5-6,9H2,1-2,4H3. The van der Waals surface area contributed by atoms with Crippen LogP contribution in [0.15, 0.2) is 24.5 Å². The van der Waals surface area contributed by atoms with Crippen molar-refractivity contribution < 1.29 is 4.74 Å². The summed E-state index contributed by atoms with van der Waals surface area (Å²) in [5, 5.41) is 1.36. The van der Waals surface area contributed by atoms with Crippen LogP contribution in [0.2, 0.25) is 10.0 Å². The lowest BCUT2D eigenvalue weighted by atomic mass is 9.94. The number of nitrogens with zero attached hydrogens (tertiary/aromatic N) is 1. The highest BCUT2D eigenvalue weighted by Gasteiger charge is 2.41. The van der Waals surface area contributed by atoms with Crippen molar-refractivity contribution in [3.63, 3.8) is 0 Å². The number of hydrogen-bond donors (Lipinski definition) is 0. The third kappa shape index (κ3) is 2.32. The predicted octanol–water partition coefficient (Wildman–Crippen LogP) is 5.03. The molecule has 1 aromatic rings. The molecule has 1 aliphatic rings. The number of hydrogen-bond acceptors (Lipinski definition) is 2. The molecule has 0 bridgehead atoms. The zero-order chi connectivity index (χ0) is 14.2. The Morgan fingerprint density at radius 1 is 1.37 bits per heavy atom. The van der Waals surface area contributed by atoms with E-state index in [1.165, 1.54) is 0 Å². The topological polar surface area (TPSA) is 12.5 Å². The van der Waals surface area contributed by atoms with Crippen LogP contribution in [0.3, 0.4) is 0 Å². The van der Waals surface area contributed by atoms with Crippen molar-refractivity contribution >= 4 is 28.9 Å². The Morgan fingerprint density at radius 2 is 2.05 bits per heavy atom. The van der Waals surface area contributed by atoms with Crippen LogP contribution in [0.4, 0.5) is 5.69 Å². The first-order chi connectivity index (χ1) is 8.93. The average Bonchev–Trinajstić information content (AvgIpc) is 2.66. The van der Waals surface area contributed by atoms with E-state index in [-0.39, 0.29) is 5.54 Å². The molecule has 2 nitrogen and oxygen atoms in total. The molecule has 1 unspecified atom stereocenters. The maximum absolute atomic E-state index is 6.31. The molecule has 4 heteroatoms. The summed E-state index contributed by atoms with van der Waals surface area (Å²) < 4.78 is 5.65. The van der Waals surface area contributed by atoms with Crippen molar-refractivity contribution in [2.24, 2.45) is 0 Å². The Labute approximate surface area is 125 Å². The van der Waals surface area contributed by atoms with Crippen LogP contribution in [-0.2, 0) is 11.2 Å². The van der Waals surface area contributed by atoms with Crippen LogP contribution in [-0.4, -0.2) is 12.3 Å². The van der Waals surface area contributed by atoms with Gasteiger partial charge in [0.25, 0.3) is 0 Å². The van der Waals surface area contributed by atoms with Crippen molar-refractivity contribution in [3.05, 3.63) is 40.1 Å². The lowest BCUT2D eigenvalue weighted by molar-refractivity contribution is 0.258. The molecule has 19 heavy (non-hydrogen) atoms. The zero-order valence-electron chi connectivity index (χ0n) is 11.6. The van der Waals surface area contributed by atoms with Gasteiger partial charge in [-0.25, -0.2) is 0 Å². The Bertz CT molecular complexity index is 515. The lowest BCUT2D eigenvalue weighted by Gasteiger charge is -2.34. The van der Waals surface area contributed by atoms with Crippen LogP contribution < -0.4 is 4.90 Å².